The number of aliphatic hydroxyl groups is 19. The molecule has 40 heteroatoms. The summed E-state index contributed by atoms with van der Waals surface area (Å²) in [5.41, 5.74) is 0. The van der Waals surface area contributed by atoms with Crippen LogP contribution in [0.1, 0.15) is 33.6 Å². The fourth-order valence-corrected chi connectivity index (χ4v) is 10.6. The number of hydrogen-bond acceptors (Lipinski definition) is 35. The second-order valence-corrected chi connectivity index (χ2v) is 21.5. The van der Waals surface area contributed by atoms with Crippen molar-refractivity contribution in [2.24, 2.45) is 0 Å². The summed E-state index contributed by atoms with van der Waals surface area (Å²) in [4.78, 5) is 74.7. The van der Waals surface area contributed by atoms with E-state index in [0.29, 0.717) is 0 Å². The molecule has 5 aliphatic rings. The second kappa shape index (κ2) is 31.9. The van der Waals surface area contributed by atoms with Gasteiger partial charge in [-0.05, 0) is 0 Å². The maximum atomic E-state index is 13.1. The van der Waals surface area contributed by atoms with Crippen LogP contribution in [0.4, 0.5) is 0 Å². The number of carbonyl (C=O) groups is 6. The molecule has 88 heavy (non-hydrogen) atoms. The van der Waals surface area contributed by atoms with Crippen LogP contribution in [0, 0.1) is 0 Å². The van der Waals surface area contributed by atoms with Crippen molar-refractivity contribution in [2.75, 3.05) is 39.6 Å². The standard InChI is InChI=1S/C48H79N3O37/c1-13(58)49-25-16(61)4-47(45(75)76,86-38(25)29(68)19(64)7-53)79-12-21(66)36(28(67)18(63)6-52)83-43-34(73)40(32(71)23(10-56)81-43)85-42-27(51-15(3)60)37(31(70)22(9-55)80-42)84-44-35(74)41(33(72)24(11-57)82-44)88-48(46(77)78)5-17(62)26(50-14(2)59)39(87-48)30(69)20(65)8-54/h6,16-44,53-57,61-74H,4-5,7-12H2,1-3H3,(H,49,58)(H,50,59)(H,51,60)(H,75,76)(H,77,78)/t16?,17?,18?,19?,20?,21?,22?,23?,24?,25?,26?,27?,28?,29?,30?,31?,32?,33?,34?,35?,36?,37?,38?,39?,40?,41?,42?,43?,44?,47-,48+/m1/s1. The molecule has 0 bridgehead atoms. The maximum absolute atomic E-state index is 13.1. The lowest BCUT2D eigenvalue weighted by molar-refractivity contribution is -0.387. The molecule has 0 spiro atoms. The van der Waals surface area contributed by atoms with Crippen molar-refractivity contribution in [2.45, 2.75) is 223 Å². The third-order valence-electron chi connectivity index (χ3n) is 15.1. The Morgan fingerprint density at radius 3 is 1.38 bits per heavy atom. The van der Waals surface area contributed by atoms with Crippen molar-refractivity contribution in [3.05, 3.63) is 0 Å². The molecular formula is C48H79N3O37. The highest BCUT2D eigenvalue weighted by atomic mass is 16.8. The second-order valence-electron chi connectivity index (χ2n) is 21.5. The molecule has 0 aromatic carbocycles. The predicted octanol–water partition coefficient (Wildman–Crippen LogP) is -15.4. The van der Waals surface area contributed by atoms with Crippen molar-refractivity contribution >= 4 is 35.9 Å². The number of nitrogens with one attached hydrogen (secondary N) is 3. The SMILES string of the molecule is CC(=O)NC1C(O)C[C@](OCC(O)C(OC2OC(CO)C(O)C(OC3OC(CO)C(O)C(OC4OC(CO)C(O)C(O[C@]5(C(=O)O)CC(O)C(NC(C)=O)C(C(O)C(O)CO)O5)C4O)C3NC(C)=O)C2O)C(O)C(O)C=O)(C(=O)O)OC1C(O)C(O)CO. The van der Waals surface area contributed by atoms with Crippen LogP contribution in [0.3, 0.4) is 0 Å². The molecule has 5 heterocycles. The summed E-state index contributed by atoms with van der Waals surface area (Å²) < 4.78 is 56.6. The van der Waals surface area contributed by atoms with E-state index in [1.54, 1.807) is 0 Å². The average Bonchev–Trinajstić information content (AvgIpc) is 1.42. The van der Waals surface area contributed by atoms with E-state index in [1.807, 2.05) is 0 Å². The summed E-state index contributed by atoms with van der Waals surface area (Å²) in [7, 11) is 0. The molecule has 0 aliphatic carbocycles. The summed E-state index contributed by atoms with van der Waals surface area (Å²) in [5.74, 6) is -13.4. The van der Waals surface area contributed by atoms with E-state index in [0.717, 1.165) is 20.8 Å². The molecule has 0 saturated carbocycles. The molecule has 5 rings (SSSR count). The van der Waals surface area contributed by atoms with E-state index < -0.39 is 271 Å². The van der Waals surface area contributed by atoms with Gasteiger partial charge in [0, 0.05) is 33.6 Å². The molecule has 40 nitrogen and oxygen atoms in total. The highest BCUT2D eigenvalue weighted by Crippen LogP contribution is 2.40. The van der Waals surface area contributed by atoms with Gasteiger partial charge in [-0.3, -0.25) is 14.4 Å². The van der Waals surface area contributed by atoms with Gasteiger partial charge in [-0.1, -0.05) is 0 Å². The summed E-state index contributed by atoms with van der Waals surface area (Å²) in [5, 5.41) is 234. The zero-order valence-corrected chi connectivity index (χ0v) is 46.9. The van der Waals surface area contributed by atoms with Gasteiger partial charge < -0.3 is 175 Å². The van der Waals surface area contributed by atoms with E-state index in [1.165, 1.54) is 0 Å². The Kier molecular flexibility index (Phi) is 27.1. The lowest BCUT2D eigenvalue weighted by Crippen LogP contribution is -2.71. The molecule has 31 atom stereocenters. The zero-order valence-electron chi connectivity index (χ0n) is 46.9. The summed E-state index contributed by atoms with van der Waals surface area (Å²) in [6, 6.07) is -5.44. The van der Waals surface area contributed by atoms with Crippen molar-refractivity contribution < 1.29 is 183 Å². The number of aliphatic carboxylic acids is 2. The quantitative estimate of drug-likeness (QED) is 0.0309. The van der Waals surface area contributed by atoms with Crippen molar-refractivity contribution in [3.63, 3.8) is 0 Å². The molecule has 5 saturated heterocycles. The molecule has 508 valence electrons. The molecule has 29 unspecified atom stereocenters. The third-order valence-corrected chi connectivity index (χ3v) is 15.1. The Balaban J connectivity index is 1.46. The minimum absolute atomic E-state index is 0.286. The normalized spacial score (nSPS) is 40.8. The Labute approximate surface area is 496 Å². The first-order valence-corrected chi connectivity index (χ1v) is 27.1. The predicted molar refractivity (Wildman–Crippen MR) is 270 cm³/mol. The van der Waals surface area contributed by atoms with Crippen LogP contribution in [0.15, 0.2) is 0 Å². The van der Waals surface area contributed by atoms with Crippen LogP contribution in [0.2, 0.25) is 0 Å². The van der Waals surface area contributed by atoms with Crippen LogP contribution >= 0.6 is 0 Å². The molecule has 24 N–H and O–H groups in total. The first-order valence-electron chi connectivity index (χ1n) is 27.1. The average molecular weight is 1290 g/mol. The molecule has 0 aromatic rings. The Morgan fingerprint density at radius 1 is 0.534 bits per heavy atom. The minimum atomic E-state index is -3.28. The Bertz CT molecular complexity index is 2300. The highest BCUT2D eigenvalue weighted by molar-refractivity contribution is 5.77. The van der Waals surface area contributed by atoms with Crippen LogP contribution < -0.4 is 16.0 Å². The largest absolute Gasteiger partial charge is 0.477 e. The molecule has 5 aliphatic heterocycles. The van der Waals surface area contributed by atoms with Crippen LogP contribution in [0.25, 0.3) is 0 Å². The molecule has 0 radical (unpaired) electrons. The third kappa shape index (κ3) is 16.7. The molecule has 5 fully saturated rings. The van der Waals surface area contributed by atoms with Gasteiger partial charge in [0.2, 0.25) is 17.7 Å². The summed E-state index contributed by atoms with van der Waals surface area (Å²) in [6.07, 6.45) is -61.5. The van der Waals surface area contributed by atoms with Crippen LogP contribution in [-0.4, -0.2) is 372 Å². The topological polar surface area (TPSA) is 656 Å². The van der Waals surface area contributed by atoms with Gasteiger partial charge in [0.05, 0.1) is 63.9 Å². The van der Waals surface area contributed by atoms with Crippen LogP contribution in [0.5, 0.6) is 0 Å². The van der Waals surface area contributed by atoms with Gasteiger partial charge in [-0.25, -0.2) is 9.59 Å². The molecule has 3 amide bonds. The smallest absolute Gasteiger partial charge is 0.364 e. The molecular weight excluding hydrogens is 1210 g/mol. The fraction of sp³-hybridized carbons (Fsp3) is 0.875. The number of carboxylic acids is 2. The summed E-state index contributed by atoms with van der Waals surface area (Å²) in [6.45, 7) is -4.61. The first kappa shape index (κ1) is 74.6. The number of carbonyl (C=O) groups excluding carboxylic acids is 4. The number of ether oxygens (including phenoxy) is 10. The van der Waals surface area contributed by atoms with Crippen molar-refractivity contribution in [1.29, 1.82) is 0 Å². The zero-order chi connectivity index (χ0) is 66.2. The monoisotopic (exact) mass is 1290 g/mol. The molecule has 0 aromatic heterocycles. The van der Waals surface area contributed by atoms with Crippen molar-refractivity contribution in [3.8, 4) is 0 Å². The van der Waals surface area contributed by atoms with Crippen LogP contribution in [-0.2, 0) is 76.1 Å². The van der Waals surface area contributed by atoms with E-state index >= 15 is 0 Å². The Morgan fingerprint density at radius 2 is 0.932 bits per heavy atom. The first-order chi connectivity index (χ1) is 41.2. The lowest BCUT2D eigenvalue weighted by atomic mass is 9.88. The van der Waals surface area contributed by atoms with E-state index in [4.69, 9.17) is 47.4 Å². The van der Waals surface area contributed by atoms with Crippen molar-refractivity contribution in [1.82, 2.24) is 16.0 Å². The fourth-order valence-electron chi connectivity index (χ4n) is 10.6. The van der Waals surface area contributed by atoms with E-state index in [-0.39, 0.29) is 6.29 Å². The number of aliphatic hydroxyl groups excluding tert-OH is 19. The van der Waals surface area contributed by atoms with Gasteiger partial charge in [0.15, 0.2) is 25.2 Å². The van der Waals surface area contributed by atoms with Gasteiger partial charge in [-0.2, -0.15) is 0 Å². The van der Waals surface area contributed by atoms with Gasteiger partial charge in [0.1, 0.15) is 134 Å². The number of hydrogen-bond donors (Lipinski definition) is 24. The number of amides is 3. The highest BCUT2D eigenvalue weighted by Gasteiger charge is 2.62. The number of aldehydes is 1. The summed E-state index contributed by atoms with van der Waals surface area (Å²) >= 11 is 0. The number of rotatable bonds is 29. The number of carboxylic acid groups (broad SMARTS) is 2. The maximum Gasteiger partial charge on any atom is 0.364 e. The Hall–Kier alpha value is -4.14. The minimum Gasteiger partial charge on any atom is -0.477 e. The lowest BCUT2D eigenvalue weighted by Gasteiger charge is -2.51. The van der Waals surface area contributed by atoms with Gasteiger partial charge in [0.25, 0.3) is 11.6 Å². The van der Waals surface area contributed by atoms with E-state index in [9.17, 15) is 136 Å². The van der Waals surface area contributed by atoms with Gasteiger partial charge >= 0.3 is 11.9 Å². The van der Waals surface area contributed by atoms with Gasteiger partial charge in [-0.15, -0.1) is 0 Å². The van der Waals surface area contributed by atoms with E-state index in [2.05, 4.69) is 16.0 Å².